The highest BCUT2D eigenvalue weighted by atomic mass is 16.3. The summed E-state index contributed by atoms with van der Waals surface area (Å²) in [5.74, 6) is 0. The summed E-state index contributed by atoms with van der Waals surface area (Å²) in [4.78, 5) is 0. The molecular formula is C9H15NO2. The first-order valence-electron chi connectivity index (χ1n) is 4.04. The molecule has 3 atom stereocenters. The van der Waals surface area contributed by atoms with Crippen LogP contribution in [0.15, 0.2) is 24.3 Å². The first kappa shape index (κ1) is 9.45. The van der Waals surface area contributed by atoms with Crippen LogP contribution >= 0.6 is 0 Å². The Morgan fingerprint density at radius 3 is 2.67 bits per heavy atom. The molecule has 1 aliphatic rings. The molecule has 0 aromatic rings. The Kier molecular flexibility index (Phi) is 2.67. The molecule has 3 N–H and O–H groups in total. The minimum absolute atomic E-state index is 0.553. The topological polar surface area (TPSA) is 52.5 Å². The highest BCUT2D eigenvalue weighted by molar-refractivity contribution is 5.24. The van der Waals surface area contributed by atoms with Crippen LogP contribution in [0.25, 0.3) is 0 Å². The SMILES string of the molecule is CC(O)NC1(C)C=CC=CC1O. The van der Waals surface area contributed by atoms with Gasteiger partial charge in [-0.1, -0.05) is 24.3 Å². The monoisotopic (exact) mass is 169 g/mol. The molecule has 0 amide bonds. The summed E-state index contributed by atoms with van der Waals surface area (Å²) in [6, 6.07) is 0. The van der Waals surface area contributed by atoms with E-state index in [2.05, 4.69) is 5.32 Å². The molecule has 3 heteroatoms. The van der Waals surface area contributed by atoms with Crippen molar-refractivity contribution in [2.75, 3.05) is 0 Å². The van der Waals surface area contributed by atoms with Crippen molar-refractivity contribution < 1.29 is 10.2 Å². The Morgan fingerprint density at radius 2 is 2.17 bits per heavy atom. The van der Waals surface area contributed by atoms with E-state index in [4.69, 9.17) is 5.11 Å². The van der Waals surface area contributed by atoms with E-state index in [0.29, 0.717) is 0 Å². The normalized spacial score (nSPS) is 36.8. The van der Waals surface area contributed by atoms with Crippen molar-refractivity contribution in [3.8, 4) is 0 Å². The fourth-order valence-corrected chi connectivity index (χ4v) is 1.31. The van der Waals surface area contributed by atoms with Crippen molar-refractivity contribution in [1.29, 1.82) is 0 Å². The quantitative estimate of drug-likeness (QED) is 0.516. The Morgan fingerprint density at radius 1 is 1.50 bits per heavy atom. The molecule has 0 aromatic heterocycles. The molecule has 12 heavy (non-hydrogen) atoms. The highest BCUT2D eigenvalue weighted by Gasteiger charge is 2.30. The van der Waals surface area contributed by atoms with E-state index in [1.54, 1.807) is 19.1 Å². The van der Waals surface area contributed by atoms with Crippen LogP contribution in [-0.4, -0.2) is 28.1 Å². The molecule has 0 radical (unpaired) electrons. The molecule has 0 aromatic carbocycles. The Hall–Kier alpha value is -0.640. The molecule has 0 spiro atoms. The lowest BCUT2D eigenvalue weighted by atomic mass is 9.90. The summed E-state index contributed by atoms with van der Waals surface area (Å²) in [5.41, 5.74) is -0.553. The first-order valence-corrected chi connectivity index (χ1v) is 4.04. The average molecular weight is 169 g/mol. The predicted molar refractivity (Wildman–Crippen MR) is 47.5 cm³/mol. The Labute approximate surface area is 72.4 Å². The van der Waals surface area contributed by atoms with Crippen LogP contribution in [0, 0.1) is 0 Å². The van der Waals surface area contributed by atoms with Gasteiger partial charge < -0.3 is 10.2 Å². The molecule has 0 saturated carbocycles. The van der Waals surface area contributed by atoms with Gasteiger partial charge in [-0.3, -0.25) is 5.32 Å². The van der Waals surface area contributed by atoms with Crippen molar-refractivity contribution in [3.63, 3.8) is 0 Å². The molecule has 0 heterocycles. The maximum atomic E-state index is 9.57. The van der Waals surface area contributed by atoms with Crippen LogP contribution in [0.4, 0.5) is 0 Å². The molecule has 0 saturated heterocycles. The molecule has 0 fully saturated rings. The van der Waals surface area contributed by atoms with Crippen molar-refractivity contribution in [2.45, 2.75) is 31.7 Å². The van der Waals surface area contributed by atoms with E-state index in [-0.39, 0.29) is 0 Å². The number of hydrogen-bond acceptors (Lipinski definition) is 3. The minimum Gasteiger partial charge on any atom is -0.387 e. The molecule has 1 rings (SSSR count). The third-order valence-corrected chi connectivity index (χ3v) is 1.98. The van der Waals surface area contributed by atoms with Gasteiger partial charge in [-0.2, -0.15) is 0 Å². The molecule has 3 unspecified atom stereocenters. The zero-order chi connectivity index (χ0) is 9.19. The highest BCUT2D eigenvalue weighted by Crippen LogP contribution is 2.17. The largest absolute Gasteiger partial charge is 0.387 e. The van der Waals surface area contributed by atoms with E-state index < -0.39 is 17.9 Å². The lowest BCUT2D eigenvalue weighted by Crippen LogP contribution is -2.53. The zero-order valence-corrected chi connectivity index (χ0v) is 7.36. The van der Waals surface area contributed by atoms with Crippen LogP contribution in [-0.2, 0) is 0 Å². The lowest BCUT2D eigenvalue weighted by Gasteiger charge is -2.34. The van der Waals surface area contributed by atoms with E-state index in [9.17, 15) is 5.11 Å². The maximum Gasteiger partial charge on any atom is 0.102 e. The van der Waals surface area contributed by atoms with Gasteiger partial charge in [0.15, 0.2) is 0 Å². The van der Waals surface area contributed by atoms with Crippen LogP contribution in [0.5, 0.6) is 0 Å². The number of rotatable bonds is 2. The number of nitrogens with one attached hydrogen (secondary N) is 1. The minimum atomic E-state index is -0.624. The summed E-state index contributed by atoms with van der Waals surface area (Å²) in [6.07, 6.45) is 5.95. The van der Waals surface area contributed by atoms with Crippen LogP contribution < -0.4 is 5.32 Å². The summed E-state index contributed by atoms with van der Waals surface area (Å²) in [6.45, 7) is 3.47. The summed E-state index contributed by atoms with van der Waals surface area (Å²) < 4.78 is 0. The van der Waals surface area contributed by atoms with Gasteiger partial charge in [0.05, 0.1) is 11.6 Å². The van der Waals surface area contributed by atoms with Gasteiger partial charge in [-0.05, 0) is 13.8 Å². The Bertz CT molecular complexity index is 211. The van der Waals surface area contributed by atoms with Crippen molar-refractivity contribution >= 4 is 0 Å². The standard InChI is InChI=1S/C9H15NO2/c1-7(11)10-9(2)6-4-3-5-8(9)12/h3-8,10-12H,1-2H3. The van der Waals surface area contributed by atoms with Crippen LogP contribution in [0.3, 0.4) is 0 Å². The fourth-order valence-electron chi connectivity index (χ4n) is 1.31. The van der Waals surface area contributed by atoms with Crippen molar-refractivity contribution in [2.24, 2.45) is 0 Å². The third-order valence-electron chi connectivity index (χ3n) is 1.98. The number of hydrogen-bond donors (Lipinski definition) is 3. The maximum absolute atomic E-state index is 9.57. The Balaban J connectivity index is 2.69. The van der Waals surface area contributed by atoms with E-state index in [1.807, 2.05) is 19.1 Å². The van der Waals surface area contributed by atoms with E-state index >= 15 is 0 Å². The number of allylic oxidation sites excluding steroid dienone is 2. The van der Waals surface area contributed by atoms with Crippen LogP contribution in [0.2, 0.25) is 0 Å². The second-order valence-corrected chi connectivity index (χ2v) is 3.29. The van der Waals surface area contributed by atoms with Gasteiger partial charge in [-0.25, -0.2) is 0 Å². The van der Waals surface area contributed by atoms with Gasteiger partial charge >= 0.3 is 0 Å². The van der Waals surface area contributed by atoms with Gasteiger partial charge in [0.2, 0.25) is 0 Å². The number of aliphatic hydroxyl groups is 2. The zero-order valence-electron chi connectivity index (χ0n) is 7.36. The summed E-state index contributed by atoms with van der Waals surface area (Å²) in [5, 5.41) is 21.5. The second-order valence-electron chi connectivity index (χ2n) is 3.29. The summed E-state index contributed by atoms with van der Waals surface area (Å²) >= 11 is 0. The molecule has 1 aliphatic carbocycles. The smallest absolute Gasteiger partial charge is 0.102 e. The van der Waals surface area contributed by atoms with Gasteiger partial charge in [0.1, 0.15) is 6.23 Å². The molecule has 68 valence electrons. The van der Waals surface area contributed by atoms with Gasteiger partial charge in [-0.15, -0.1) is 0 Å². The van der Waals surface area contributed by atoms with Crippen molar-refractivity contribution in [3.05, 3.63) is 24.3 Å². The van der Waals surface area contributed by atoms with Crippen LogP contribution in [0.1, 0.15) is 13.8 Å². The average Bonchev–Trinajstić information content (AvgIpc) is 1.94. The third kappa shape index (κ3) is 1.94. The molecule has 0 aliphatic heterocycles. The predicted octanol–water partition coefficient (Wildman–Crippen LogP) is 0.160. The lowest BCUT2D eigenvalue weighted by molar-refractivity contribution is 0.0691. The fraction of sp³-hybridized carbons (Fsp3) is 0.556. The molecule has 0 bridgehead atoms. The second kappa shape index (κ2) is 3.39. The van der Waals surface area contributed by atoms with E-state index in [1.165, 1.54) is 0 Å². The van der Waals surface area contributed by atoms with E-state index in [0.717, 1.165) is 0 Å². The molecular weight excluding hydrogens is 154 g/mol. The van der Waals surface area contributed by atoms with Gasteiger partial charge in [0, 0.05) is 0 Å². The molecule has 3 nitrogen and oxygen atoms in total. The number of aliphatic hydroxyl groups excluding tert-OH is 2. The van der Waals surface area contributed by atoms with Gasteiger partial charge in [0.25, 0.3) is 0 Å². The first-order chi connectivity index (χ1) is 5.54. The van der Waals surface area contributed by atoms with Crippen molar-refractivity contribution in [1.82, 2.24) is 5.32 Å². The summed E-state index contributed by atoms with van der Waals surface area (Å²) in [7, 11) is 0.